The maximum absolute atomic E-state index is 12.7. The third-order valence-corrected chi connectivity index (χ3v) is 9.65. The van der Waals surface area contributed by atoms with Crippen LogP contribution < -0.4 is 24.4 Å². The number of ether oxygens (including phenoxy) is 3. The van der Waals surface area contributed by atoms with Crippen LogP contribution in [-0.4, -0.2) is 83.9 Å². The molecule has 0 unspecified atom stereocenters. The maximum atomic E-state index is 12.7. The number of aromatic carboxylic acids is 1. The Kier molecular flexibility index (Phi) is 13.0. The SMILES string of the molecule is CCOC(=O)/C(Cl)=C/c1cc(N2C(=O)C3=C(CCCC3)C2=O)ccc1Cl.COc1cc(OC)nc(NC(=O)NS(=O)(=O)c2c(C(=O)O)c(Cl)nn2C)n1. The van der Waals surface area contributed by atoms with Crippen molar-refractivity contribution in [3.05, 3.63) is 61.7 Å². The minimum Gasteiger partial charge on any atom is -0.481 e. The molecule has 282 valence electrons. The summed E-state index contributed by atoms with van der Waals surface area (Å²) in [4.78, 5) is 69.0. The van der Waals surface area contributed by atoms with Gasteiger partial charge in [-0.2, -0.15) is 23.5 Å². The molecule has 4 amide bonds. The second-order valence-corrected chi connectivity index (χ2v) is 13.5. The highest BCUT2D eigenvalue weighted by molar-refractivity contribution is 7.90. The highest BCUT2D eigenvalue weighted by Gasteiger charge is 2.40. The lowest BCUT2D eigenvalue weighted by Gasteiger charge is -2.16. The van der Waals surface area contributed by atoms with Crippen molar-refractivity contribution >= 4 is 92.3 Å². The van der Waals surface area contributed by atoms with Crippen LogP contribution in [0.15, 0.2) is 45.5 Å². The molecule has 1 aromatic carbocycles. The van der Waals surface area contributed by atoms with Crippen molar-refractivity contribution in [1.29, 1.82) is 0 Å². The first-order chi connectivity index (χ1) is 25.0. The molecule has 5 rings (SSSR count). The fourth-order valence-corrected chi connectivity index (χ4v) is 7.00. The number of nitrogens with zero attached hydrogens (tertiary/aromatic N) is 5. The average molecular weight is 815 g/mol. The molecule has 2 aromatic heterocycles. The Hall–Kier alpha value is -5.24. The molecular formula is C31H30Cl3N7O11S. The van der Waals surface area contributed by atoms with E-state index in [9.17, 15) is 32.4 Å². The lowest BCUT2D eigenvalue weighted by Crippen LogP contribution is -2.36. The third kappa shape index (κ3) is 9.23. The summed E-state index contributed by atoms with van der Waals surface area (Å²) in [6.07, 6.45) is 4.45. The molecule has 3 heterocycles. The smallest absolute Gasteiger partial charge is 0.349 e. The highest BCUT2D eigenvalue weighted by atomic mass is 35.5. The van der Waals surface area contributed by atoms with Gasteiger partial charge in [-0.25, -0.2) is 24.0 Å². The van der Waals surface area contributed by atoms with Gasteiger partial charge in [-0.1, -0.05) is 34.8 Å². The lowest BCUT2D eigenvalue weighted by atomic mass is 9.93. The Balaban J connectivity index is 0.000000237. The van der Waals surface area contributed by atoms with E-state index in [0.717, 1.165) is 19.9 Å². The van der Waals surface area contributed by atoms with Crippen LogP contribution in [0.25, 0.3) is 6.08 Å². The number of carboxylic acid groups (broad SMARTS) is 1. The molecule has 1 aliphatic carbocycles. The van der Waals surface area contributed by atoms with Crippen molar-refractivity contribution in [2.75, 3.05) is 31.0 Å². The Bertz CT molecular complexity index is 2120. The van der Waals surface area contributed by atoms with Gasteiger partial charge < -0.3 is 19.3 Å². The molecule has 22 heteroatoms. The zero-order valence-corrected chi connectivity index (χ0v) is 31.3. The van der Waals surface area contributed by atoms with Gasteiger partial charge in [0.05, 0.1) is 32.6 Å². The molecule has 0 bridgehead atoms. The van der Waals surface area contributed by atoms with Crippen molar-refractivity contribution < 1.29 is 51.7 Å². The van der Waals surface area contributed by atoms with Crippen molar-refractivity contribution in [3.63, 3.8) is 0 Å². The number of aromatic nitrogens is 4. The molecular weight excluding hydrogens is 785 g/mol. The van der Waals surface area contributed by atoms with E-state index in [2.05, 4.69) is 20.4 Å². The number of amides is 4. The molecule has 0 atom stereocenters. The number of anilines is 2. The third-order valence-electron chi connectivity index (χ3n) is 7.35. The summed E-state index contributed by atoms with van der Waals surface area (Å²) in [5.74, 6) is -3.08. The van der Waals surface area contributed by atoms with E-state index in [1.54, 1.807) is 29.8 Å². The quantitative estimate of drug-likeness (QED) is 0.147. The molecule has 0 fully saturated rings. The molecule has 53 heavy (non-hydrogen) atoms. The molecule has 2 aliphatic rings. The summed E-state index contributed by atoms with van der Waals surface area (Å²) in [6, 6.07) is 4.80. The van der Waals surface area contributed by atoms with E-state index in [-0.39, 0.29) is 41.2 Å². The van der Waals surface area contributed by atoms with Gasteiger partial charge in [0.25, 0.3) is 21.8 Å². The first kappa shape index (κ1) is 40.5. The van der Waals surface area contributed by atoms with Crippen molar-refractivity contribution in [3.8, 4) is 11.8 Å². The van der Waals surface area contributed by atoms with Gasteiger partial charge in [0.1, 0.15) is 10.6 Å². The van der Waals surface area contributed by atoms with Gasteiger partial charge in [-0.05, 0) is 62.4 Å². The number of halogens is 3. The number of benzene rings is 1. The number of sulfonamides is 1. The number of urea groups is 1. The van der Waals surface area contributed by atoms with Crippen LogP contribution in [0.5, 0.6) is 11.8 Å². The zero-order valence-electron chi connectivity index (χ0n) is 28.2. The number of aryl methyl sites for hydroxylation is 1. The Labute approximate surface area is 316 Å². The summed E-state index contributed by atoms with van der Waals surface area (Å²) in [7, 11) is -0.858. The van der Waals surface area contributed by atoms with Crippen LogP contribution in [0.3, 0.4) is 0 Å². The van der Waals surface area contributed by atoms with Gasteiger partial charge >= 0.3 is 18.0 Å². The fourth-order valence-electron chi connectivity index (χ4n) is 5.08. The van der Waals surface area contributed by atoms with Crippen LogP contribution in [0.2, 0.25) is 10.2 Å². The van der Waals surface area contributed by atoms with Gasteiger partial charge in [0.2, 0.25) is 17.7 Å². The molecule has 1 aliphatic heterocycles. The summed E-state index contributed by atoms with van der Waals surface area (Å²) >= 11 is 17.8. The molecule has 0 saturated heterocycles. The molecule has 0 spiro atoms. The zero-order chi connectivity index (χ0) is 39.2. The number of rotatable bonds is 10. The Morgan fingerprint density at radius 1 is 1.00 bits per heavy atom. The number of hydrogen-bond acceptors (Lipinski definition) is 13. The summed E-state index contributed by atoms with van der Waals surface area (Å²) in [6.45, 7) is 1.87. The minimum absolute atomic E-state index is 0.0478. The van der Waals surface area contributed by atoms with Crippen LogP contribution in [0, 0.1) is 0 Å². The van der Waals surface area contributed by atoms with E-state index < -0.39 is 43.7 Å². The molecule has 3 aromatic rings. The largest absolute Gasteiger partial charge is 0.481 e. The standard InChI is InChI=1S/C19H17Cl2NO4.C12H13ClN6O7S/c1-2-26-19(25)16(21)10-11-9-12(7-8-15(11)20)22-17(23)13-5-3-4-6-14(13)18(22)24;1-19-9(7(10(20)21)8(13)17-19)27(23,24)18-12(22)16-11-14-5(25-2)4-6(15-11)26-3/h7-10H,2-6H2,1H3;4H,1-3H3,(H,20,21)(H2,14,15,16,18,22)/b16-10-;. The van der Waals surface area contributed by atoms with E-state index >= 15 is 0 Å². The number of esters is 1. The van der Waals surface area contributed by atoms with Gasteiger partial charge in [-0.15, -0.1) is 0 Å². The van der Waals surface area contributed by atoms with Crippen LogP contribution in [-0.2, 0) is 36.2 Å². The van der Waals surface area contributed by atoms with Crippen LogP contribution in [0.4, 0.5) is 16.4 Å². The maximum Gasteiger partial charge on any atom is 0.349 e. The van der Waals surface area contributed by atoms with E-state index in [1.165, 1.54) is 31.3 Å². The second-order valence-electron chi connectivity index (χ2n) is 10.8. The number of hydrogen-bond donors (Lipinski definition) is 3. The fraction of sp³-hybridized carbons (Fsp3) is 0.290. The molecule has 18 nitrogen and oxygen atoms in total. The normalized spacial score (nSPS) is 14.2. The predicted molar refractivity (Wildman–Crippen MR) is 190 cm³/mol. The lowest BCUT2D eigenvalue weighted by molar-refractivity contribution is -0.137. The number of nitrogens with one attached hydrogen (secondary N) is 2. The molecule has 3 N–H and O–H groups in total. The summed E-state index contributed by atoms with van der Waals surface area (Å²) in [5, 5.41) is 13.6. The molecule has 0 radical (unpaired) electrons. The number of imide groups is 1. The summed E-state index contributed by atoms with van der Waals surface area (Å²) < 4.78 is 41.8. The van der Waals surface area contributed by atoms with Crippen LogP contribution in [0.1, 0.15) is 48.5 Å². The van der Waals surface area contributed by atoms with Gasteiger partial charge in [0.15, 0.2) is 10.2 Å². The number of methoxy groups -OCH3 is 2. The van der Waals surface area contributed by atoms with E-state index in [0.29, 0.717) is 44.9 Å². The van der Waals surface area contributed by atoms with Crippen LogP contribution >= 0.6 is 34.8 Å². The monoisotopic (exact) mass is 813 g/mol. The summed E-state index contributed by atoms with van der Waals surface area (Å²) in [5.41, 5.74) is 1.26. The van der Waals surface area contributed by atoms with Gasteiger partial charge in [-0.3, -0.25) is 19.6 Å². The average Bonchev–Trinajstić information content (AvgIpc) is 3.56. The van der Waals surface area contributed by atoms with Crippen molar-refractivity contribution in [1.82, 2.24) is 24.5 Å². The highest BCUT2D eigenvalue weighted by Crippen LogP contribution is 2.37. The predicted octanol–water partition coefficient (Wildman–Crippen LogP) is 4.32. The second kappa shape index (κ2) is 17.1. The van der Waals surface area contributed by atoms with Gasteiger partial charge in [0, 0.05) is 23.2 Å². The Morgan fingerprint density at radius 3 is 2.11 bits per heavy atom. The topological polar surface area (TPSA) is 238 Å². The molecule has 0 saturated carbocycles. The van der Waals surface area contributed by atoms with Crippen molar-refractivity contribution in [2.24, 2.45) is 7.05 Å². The minimum atomic E-state index is -4.64. The van der Waals surface area contributed by atoms with Crippen molar-refractivity contribution in [2.45, 2.75) is 37.6 Å². The number of carbonyl (C=O) groups is 5. The number of carboxylic acids is 1. The first-order valence-corrected chi connectivity index (χ1v) is 17.9. The van der Waals surface area contributed by atoms with E-state index in [1.807, 2.05) is 0 Å². The Morgan fingerprint density at radius 2 is 1.58 bits per heavy atom. The van der Waals surface area contributed by atoms with E-state index in [4.69, 9.17) is 54.1 Å². The number of carbonyl (C=O) groups excluding carboxylic acids is 4. The first-order valence-electron chi connectivity index (χ1n) is 15.2.